The molecule has 3 aromatic rings. The molecule has 2 heterocycles. The minimum absolute atomic E-state index is 0.456. The van der Waals surface area contributed by atoms with E-state index in [4.69, 9.17) is 9.15 Å². The molecule has 0 amide bonds. The zero-order valence-corrected chi connectivity index (χ0v) is 13.9. The van der Waals surface area contributed by atoms with Crippen LogP contribution in [0.4, 0.5) is 0 Å². The number of ether oxygens (including phenoxy) is 1. The number of oxazole rings is 1. The number of nitrogens with zero attached hydrogens (tertiary/aromatic N) is 2. The number of hydrogen-bond acceptors (Lipinski definition) is 5. The van der Waals surface area contributed by atoms with Crippen LogP contribution in [0.1, 0.15) is 17.0 Å². The highest BCUT2D eigenvalue weighted by Crippen LogP contribution is 2.21. The number of rotatable bonds is 7. The van der Waals surface area contributed by atoms with E-state index in [0.29, 0.717) is 24.8 Å². The number of carbonyl (C=O) groups excluding carboxylic acids is 1. The largest absolute Gasteiger partial charge is 0.477 e. The summed E-state index contributed by atoms with van der Waals surface area (Å²) >= 11 is 0. The van der Waals surface area contributed by atoms with Crippen molar-refractivity contribution in [3.05, 3.63) is 71.8 Å². The molecule has 3 rings (SSSR count). The Bertz CT molecular complexity index is 852. The van der Waals surface area contributed by atoms with Gasteiger partial charge >= 0.3 is 0 Å². The summed E-state index contributed by atoms with van der Waals surface area (Å²) in [6.45, 7) is 2.36. The first kappa shape index (κ1) is 16.6. The van der Waals surface area contributed by atoms with Gasteiger partial charge in [-0.15, -0.1) is 0 Å². The number of hydrogen-bond donors (Lipinski definition) is 0. The molecule has 0 unspecified atom stereocenters. The second-order valence-corrected chi connectivity index (χ2v) is 5.41. The van der Waals surface area contributed by atoms with Crippen LogP contribution in [0.2, 0.25) is 0 Å². The average molecular weight is 334 g/mol. The Morgan fingerprint density at radius 3 is 2.72 bits per heavy atom. The van der Waals surface area contributed by atoms with Crippen molar-refractivity contribution in [2.45, 2.75) is 13.3 Å². The minimum atomic E-state index is 0.456. The van der Waals surface area contributed by atoms with Crippen LogP contribution in [0.3, 0.4) is 0 Å². The topological polar surface area (TPSA) is 65.2 Å². The van der Waals surface area contributed by atoms with Gasteiger partial charge in [0, 0.05) is 24.2 Å². The second-order valence-electron chi connectivity index (χ2n) is 5.41. The fourth-order valence-electron chi connectivity index (χ4n) is 2.34. The Morgan fingerprint density at radius 2 is 2.00 bits per heavy atom. The number of allylic oxidation sites excluding steroid dienone is 1. The highest BCUT2D eigenvalue weighted by Gasteiger charge is 2.11. The van der Waals surface area contributed by atoms with Crippen LogP contribution in [0.5, 0.6) is 5.88 Å². The van der Waals surface area contributed by atoms with E-state index in [1.165, 1.54) is 6.08 Å². The molecular weight excluding hydrogens is 316 g/mol. The van der Waals surface area contributed by atoms with Crippen molar-refractivity contribution in [2.24, 2.45) is 0 Å². The third-order valence-electron chi connectivity index (χ3n) is 3.63. The number of aldehydes is 1. The molecule has 126 valence electrons. The maximum Gasteiger partial charge on any atom is 0.226 e. The van der Waals surface area contributed by atoms with Gasteiger partial charge in [-0.2, -0.15) is 0 Å². The van der Waals surface area contributed by atoms with Gasteiger partial charge in [0.05, 0.1) is 12.3 Å². The molecule has 0 radical (unpaired) electrons. The zero-order chi connectivity index (χ0) is 17.5. The van der Waals surface area contributed by atoms with Gasteiger partial charge in [0.15, 0.2) is 0 Å². The van der Waals surface area contributed by atoms with E-state index < -0.39 is 0 Å². The molecule has 5 nitrogen and oxygen atoms in total. The minimum Gasteiger partial charge on any atom is -0.477 e. The molecule has 5 heteroatoms. The Morgan fingerprint density at radius 1 is 1.16 bits per heavy atom. The third-order valence-corrected chi connectivity index (χ3v) is 3.63. The predicted octanol–water partition coefficient (Wildman–Crippen LogP) is 3.88. The van der Waals surface area contributed by atoms with Gasteiger partial charge in [-0.25, -0.2) is 9.97 Å². The smallest absolute Gasteiger partial charge is 0.226 e. The van der Waals surface area contributed by atoms with Crippen LogP contribution < -0.4 is 4.74 Å². The monoisotopic (exact) mass is 334 g/mol. The van der Waals surface area contributed by atoms with Crippen molar-refractivity contribution in [1.82, 2.24) is 9.97 Å². The summed E-state index contributed by atoms with van der Waals surface area (Å²) in [5, 5.41) is 0. The average Bonchev–Trinajstić information content (AvgIpc) is 3.03. The van der Waals surface area contributed by atoms with Crippen LogP contribution in [-0.4, -0.2) is 22.9 Å². The molecule has 2 aromatic heterocycles. The van der Waals surface area contributed by atoms with E-state index in [1.54, 1.807) is 18.3 Å². The number of aryl methyl sites for hydroxylation is 1. The van der Waals surface area contributed by atoms with Gasteiger partial charge in [-0.3, -0.25) is 4.79 Å². The molecule has 0 saturated carbocycles. The Labute approximate surface area is 146 Å². The van der Waals surface area contributed by atoms with Crippen LogP contribution in [0, 0.1) is 6.92 Å². The van der Waals surface area contributed by atoms with E-state index >= 15 is 0 Å². The number of aromatic nitrogens is 2. The zero-order valence-electron chi connectivity index (χ0n) is 13.9. The quantitative estimate of drug-likeness (QED) is 0.484. The van der Waals surface area contributed by atoms with Gasteiger partial charge in [0.2, 0.25) is 11.8 Å². The van der Waals surface area contributed by atoms with Gasteiger partial charge in [0.25, 0.3) is 0 Å². The van der Waals surface area contributed by atoms with Crippen molar-refractivity contribution in [3.8, 4) is 17.3 Å². The van der Waals surface area contributed by atoms with E-state index in [9.17, 15) is 4.79 Å². The fraction of sp³-hybridized carbons (Fsp3) is 0.150. The maximum atomic E-state index is 10.3. The van der Waals surface area contributed by atoms with Crippen molar-refractivity contribution in [2.75, 3.05) is 6.61 Å². The van der Waals surface area contributed by atoms with Crippen LogP contribution >= 0.6 is 0 Å². The second kappa shape index (κ2) is 8.06. The normalized spacial score (nSPS) is 10.9. The van der Waals surface area contributed by atoms with Gasteiger partial charge < -0.3 is 9.15 Å². The Hall–Kier alpha value is -3.21. The van der Waals surface area contributed by atoms with Crippen LogP contribution in [0.15, 0.2) is 59.2 Å². The molecule has 0 atom stereocenters. The molecular formula is C20H18N2O3. The fourth-order valence-corrected chi connectivity index (χ4v) is 2.34. The summed E-state index contributed by atoms with van der Waals surface area (Å²) in [7, 11) is 0. The summed E-state index contributed by atoms with van der Waals surface area (Å²) in [6, 6.07) is 13.4. The van der Waals surface area contributed by atoms with E-state index in [-0.39, 0.29) is 0 Å². The first-order valence-corrected chi connectivity index (χ1v) is 7.98. The number of benzene rings is 1. The molecule has 1 aromatic carbocycles. The van der Waals surface area contributed by atoms with Gasteiger partial charge in [-0.05, 0) is 36.8 Å². The Kier molecular flexibility index (Phi) is 5.36. The number of pyridine rings is 1. The Balaban J connectivity index is 1.58. The summed E-state index contributed by atoms with van der Waals surface area (Å²) in [4.78, 5) is 19.1. The highest BCUT2D eigenvalue weighted by atomic mass is 16.5. The first-order valence-electron chi connectivity index (χ1n) is 7.98. The molecule has 0 bridgehead atoms. The summed E-state index contributed by atoms with van der Waals surface area (Å²) in [6.07, 6.45) is 6.14. The predicted molar refractivity (Wildman–Crippen MR) is 95.2 cm³/mol. The van der Waals surface area contributed by atoms with Crippen LogP contribution in [0.25, 0.3) is 17.5 Å². The molecule has 25 heavy (non-hydrogen) atoms. The lowest BCUT2D eigenvalue weighted by Crippen LogP contribution is -2.03. The first-order chi connectivity index (χ1) is 12.3. The molecule has 0 fully saturated rings. The molecule has 0 N–H and O–H groups in total. The highest BCUT2D eigenvalue weighted by molar-refractivity contribution is 5.73. The van der Waals surface area contributed by atoms with Crippen LogP contribution in [-0.2, 0) is 11.2 Å². The van der Waals surface area contributed by atoms with Crippen molar-refractivity contribution < 1.29 is 13.9 Å². The lowest BCUT2D eigenvalue weighted by Gasteiger charge is -2.04. The van der Waals surface area contributed by atoms with Crippen molar-refractivity contribution in [3.63, 3.8) is 0 Å². The van der Waals surface area contributed by atoms with E-state index in [0.717, 1.165) is 28.9 Å². The molecule has 0 aliphatic carbocycles. The lowest BCUT2D eigenvalue weighted by molar-refractivity contribution is -0.104. The standard InChI is InChI=1S/C20H18N2O3/c1-15-18(22-20(25-15)17-7-3-2-4-8-17)11-13-24-19-10-9-16(14-21-19)6-5-12-23/h2-10,12,14H,11,13H2,1H3. The molecule has 0 aliphatic heterocycles. The molecule has 0 saturated heterocycles. The summed E-state index contributed by atoms with van der Waals surface area (Å²) < 4.78 is 11.4. The van der Waals surface area contributed by atoms with E-state index in [1.807, 2.05) is 43.3 Å². The third kappa shape index (κ3) is 4.41. The molecule has 0 aliphatic rings. The maximum absolute atomic E-state index is 10.3. The van der Waals surface area contributed by atoms with Crippen molar-refractivity contribution >= 4 is 12.4 Å². The lowest BCUT2D eigenvalue weighted by atomic mass is 10.2. The number of carbonyl (C=O) groups is 1. The van der Waals surface area contributed by atoms with Gasteiger partial charge in [-0.1, -0.05) is 24.3 Å². The molecule has 0 spiro atoms. The summed E-state index contributed by atoms with van der Waals surface area (Å²) in [5.41, 5.74) is 2.68. The van der Waals surface area contributed by atoms with E-state index in [2.05, 4.69) is 9.97 Å². The summed E-state index contributed by atoms with van der Waals surface area (Å²) in [5.74, 6) is 1.95. The van der Waals surface area contributed by atoms with Gasteiger partial charge in [0.1, 0.15) is 12.0 Å². The van der Waals surface area contributed by atoms with Crippen molar-refractivity contribution in [1.29, 1.82) is 0 Å². The SMILES string of the molecule is Cc1oc(-c2ccccc2)nc1CCOc1ccc(C=CC=O)cn1.